The number of hydrogen-bond acceptors (Lipinski definition) is 1. The first-order valence-electron chi connectivity index (χ1n) is 5.39. The SMILES string of the molecule is CCCC(C=C(C)C(=O)O)CC(C)C. The lowest BCUT2D eigenvalue weighted by Crippen LogP contribution is -2.05. The van der Waals surface area contributed by atoms with E-state index in [1.54, 1.807) is 6.92 Å². The van der Waals surface area contributed by atoms with Gasteiger partial charge in [-0.2, -0.15) is 0 Å². The molecular formula is C12H22O2. The van der Waals surface area contributed by atoms with E-state index in [0.29, 0.717) is 17.4 Å². The van der Waals surface area contributed by atoms with E-state index in [2.05, 4.69) is 20.8 Å². The van der Waals surface area contributed by atoms with Crippen LogP contribution in [0, 0.1) is 11.8 Å². The van der Waals surface area contributed by atoms with Crippen LogP contribution in [0.2, 0.25) is 0 Å². The number of carbonyl (C=O) groups is 1. The Kier molecular flexibility index (Phi) is 6.26. The van der Waals surface area contributed by atoms with Gasteiger partial charge < -0.3 is 5.11 Å². The average molecular weight is 198 g/mol. The van der Waals surface area contributed by atoms with Gasteiger partial charge in [0.15, 0.2) is 0 Å². The van der Waals surface area contributed by atoms with Crippen molar-refractivity contribution in [1.29, 1.82) is 0 Å². The van der Waals surface area contributed by atoms with Gasteiger partial charge >= 0.3 is 5.97 Å². The van der Waals surface area contributed by atoms with Gasteiger partial charge in [0.05, 0.1) is 0 Å². The first-order valence-corrected chi connectivity index (χ1v) is 5.39. The summed E-state index contributed by atoms with van der Waals surface area (Å²) in [6, 6.07) is 0. The number of allylic oxidation sites excluding steroid dienone is 1. The van der Waals surface area contributed by atoms with E-state index >= 15 is 0 Å². The first kappa shape index (κ1) is 13.2. The number of aliphatic carboxylic acids is 1. The number of carboxylic acid groups (broad SMARTS) is 1. The molecule has 0 bridgehead atoms. The van der Waals surface area contributed by atoms with Crippen LogP contribution < -0.4 is 0 Å². The van der Waals surface area contributed by atoms with E-state index in [4.69, 9.17) is 5.11 Å². The second kappa shape index (κ2) is 6.63. The van der Waals surface area contributed by atoms with Crippen molar-refractivity contribution < 1.29 is 9.90 Å². The maximum atomic E-state index is 10.7. The Morgan fingerprint density at radius 2 is 2.00 bits per heavy atom. The van der Waals surface area contributed by atoms with E-state index < -0.39 is 5.97 Å². The molecule has 0 saturated heterocycles. The molecule has 0 aliphatic rings. The van der Waals surface area contributed by atoms with Crippen molar-refractivity contribution in [2.24, 2.45) is 11.8 Å². The van der Waals surface area contributed by atoms with Crippen LogP contribution in [0.4, 0.5) is 0 Å². The highest BCUT2D eigenvalue weighted by molar-refractivity contribution is 5.85. The van der Waals surface area contributed by atoms with E-state index in [1.165, 1.54) is 0 Å². The van der Waals surface area contributed by atoms with Gasteiger partial charge in [0.2, 0.25) is 0 Å². The Balaban J connectivity index is 4.34. The Morgan fingerprint density at radius 1 is 1.43 bits per heavy atom. The Hall–Kier alpha value is -0.790. The van der Waals surface area contributed by atoms with Crippen molar-refractivity contribution in [3.8, 4) is 0 Å². The molecule has 0 saturated carbocycles. The van der Waals surface area contributed by atoms with Crippen LogP contribution in [0.5, 0.6) is 0 Å². The smallest absolute Gasteiger partial charge is 0.330 e. The van der Waals surface area contributed by atoms with Crippen molar-refractivity contribution in [2.75, 3.05) is 0 Å². The normalized spacial score (nSPS) is 14.5. The van der Waals surface area contributed by atoms with Gasteiger partial charge in [0.25, 0.3) is 0 Å². The second-order valence-corrected chi connectivity index (χ2v) is 4.33. The summed E-state index contributed by atoms with van der Waals surface area (Å²) in [7, 11) is 0. The number of rotatable bonds is 6. The summed E-state index contributed by atoms with van der Waals surface area (Å²) >= 11 is 0. The zero-order valence-corrected chi connectivity index (χ0v) is 9.71. The molecule has 0 aliphatic carbocycles. The van der Waals surface area contributed by atoms with Crippen molar-refractivity contribution in [3.05, 3.63) is 11.6 Å². The van der Waals surface area contributed by atoms with Crippen LogP contribution in [0.1, 0.15) is 47.0 Å². The lowest BCUT2D eigenvalue weighted by Gasteiger charge is -2.14. The van der Waals surface area contributed by atoms with E-state index in [0.717, 1.165) is 19.3 Å². The zero-order chi connectivity index (χ0) is 11.1. The van der Waals surface area contributed by atoms with Crippen molar-refractivity contribution in [1.82, 2.24) is 0 Å². The predicted octanol–water partition coefficient (Wildman–Crippen LogP) is 3.48. The fourth-order valence-electron chi connectivity index (χ4n) is 1.67. The zero-order valence-electron chi connectivity index (χ0n) is 9.71. The van der Waals surface area contributed by atoms with Gasteiger partial charge in [-0.1, -0.05) is 33.3 Å². The maximum Gasteiger partial charge on any atom is 0.330 e. The third kappa shape index (κ3) is 5.79. The van der Waals surface area contributed by atoms with Crippen LogP contribution in [-0.4, -0.2) is 11.1 Å². The van der Waals surface area contributed by atoms with Gasteiger partial charge in [0, 0.05) is 5.57 Å². The third-order valence-electron chi connectivity index (χ3n) is 2.26. The highest BCUT2D eigenvalue weighted by atomic mass is 16.4. The van der Waals surface area contributed by atoms with Crippen LogP contribution >= 0.6 is 0 Å². The van der Waals surface area contributed by atoms with Gasteiger partial charge in [0.1, 0.15) is 0 Å². The lowest BCUT2D eigenvalue weighted by atomic mass is 9.91. The van der Waals surface area contributed by atoms with E-state index in [9.17, 15) is 4.79 Å². The minimum atomic E-state index is -0.796. The molecule has 0 heterocycles. The molecule has 0 amide bonds. The summed E-state index contributed by atoms with van der Waals surface area (Å²) < 4.78 is 0. The summed E-state index contributed by atoms with van der Waals surface area (Å²) in [5.74, 6) is 0.260. The van der Waals surface area contributed by atoms with Crippen LogP contribution in [-0.2, 0) is 4.79 Å². The Bertz CT molecular complexity index is 204. The molecule has 1 atom stereocenters. The van der Waals surface area contributed by atoms with Gasteiger partial charge in [-0.05, 0) is 31.6 Å². The molecule has 0 aromatic heterocycles. The summed E-state index contributed by atoms with van der Waals surface area (Å²) in [5, 5.41) is 8.76. The van der Waals surface area contributed by atoms with Gasteiger partial charge in [-0.15, -0.1) is 0 Å². The van der Waals surface area contributed by atoms with Crippen molar-refractivity contribution >= 4 is 5.97 Å². The molecular weight excluding hydrogens is 176 g/mol. The van der Waals surface area contributed by atoms with Crippen LogP contribution in [0.3, 0.4) is 0 Å². The summed E-state index contributed by atoms with van der Waals surface area (Å²) in [6.07, 6.45) is 5.19. The minimum absolute atomic E-state index is 0.427. The summed E-state index contributed by atoms with van der Waals surface area (Å²) in [5.41, 5.74) is 0.476. The molecule has 0 aromatic carbocycles. The van der Waals surface area contributed by atoms with E-state index in [-0.39, 0.29) is 0 Å². The molecule has 14 heavy (non-hydrogen) atoms. The number of carboxylic acids is 1. The van der Waals surface area contributed by atoms with Crippen LogP contribution in [0.15, 0.2) is 11.6 Å². The molecule has 0 aromatic rings. The van der Waals surface area contributed by atoms with Gasteiger partial charge in [-0.3, -0.25) is 0 Å². The average Bonchev–Trinajstić information content (AvgIpc) is 2.02. The van der Waals surface area contributed by atoms with Crippen molar-refractivity contribution in [2.45, 2.75) is 47.0 Å². The minimum Gasteiger partial charge on any atom is -0.478 e. The summed E-state index contributed by atoms with van der Waals surface area (Å²) in [6.45, 7) is 8.15. The standard InChI is InChI=1S/C12H22O2/c1-5-6-11(7-9(2)3)8-10(4)12(13)14/h8-9,11H,5-7H2,1-4H3,(H,13,14). The predicted molar refractivity (Wildman–Crippen MR) is 59.2 cm³/mol. The highest BCUT2D eigenvalue weighted by Gasteiger charge is 2.09. The molecule has 1 N–H and O–H groups in total. The van der Waals surface area contributed by atoms with Crippen molar-refractivity contribution in [3.63, 3.8) is 0 Å². The first-order chi connectivity index (χ1) is 6.47. The molecule has 0 rings (SSSR count). The molecule has 0 radical (unpaired) electrons. The topological polar surface area (TPSA) is 37.3 Å². The fourth-order valence-corrected chi connectivity index (χ4v) is 1.67. The molecule has 1 unspecified atom stereocenters. The molecule has 2 heteroatoms. The quantitative estimate of drug-likeness (QED) is 0.663. The fraction of sp³-hybridized carbons (Fsp3) is 0.750. The van der Waals surface area contributed by atoms with Crippen LogP contribution in [0.25, 0.3) is 0 Å². The molecule has 0 aliphatic heterocycles. The largest absolute Gasteiger partial charge is 0.478 e. The lowest BCUT2D eigenvalue weighted by molar-refractivity contribution is -0.132. The third-order valence-corrected chi connectivity index (χ3v) is 2.26. The maximum absolute atomic E-state index is 10.7. The number of hydrogen-bond donors (Lipinski definition) is 1. The molecule has 0 fully saturated rings. The van der Waals surface area contributed by atoms with Gasteiger partial charge in [-0.25, -0.2) is 4.79 Å². The monoisotopic (exact) mass is 198 g/mol. The summed E-state index contributed by atoms with van der Waals surface area (Å²) in [4.78, 5) is 10.7. The molecule has 82 valence electrons. The molecule has 2 nitrogen and oxygen atoms in total. The molecule has 0 spiro atoms. The Labute approximate surface area is 87.0 Å². The second-order valence-electron chi connectivity index (χ2n) is 4.33. The highest BCUT2D eigenvalue weighted by Crippen LogP contribution is 2.19. The Morgan fingerprint density at radius 3 is 2.36 bits per heavy atom. The van der Waals surface area contributed by atoms with E-state index in [1.807, 2.05) is 6.08 Å².